The number of rotatable bonds is 9. The summed E-state index contributed by atoms with van der Waals surface area (Å²) in [5.41, 5.74) is -1.16. The Hall–Kier alpha value is -4.43. The van der Waals surface area contributed by atoms with Gasteiger partial charge in [-0.15, -0.1) is 0 Å². The Morgan fingerprint density at radius 2 is 1.71 bits per heavy atom. The van der Waals surface area contributed by atoms with E-state index in [0.29, 0.717) is 15.0 Å². The van der Waals surface area contributed by atoms with Gasteiger partial charge < -0.3 is 20.4 Å². The minimum atomic E-state index is -5.14. The zero-order chi connectivity index (χ0) is 30.8. The molecule has 0 aliphatic heterocycles. The molecule has 222 valence electrons. The van der Waals surface area contributed by atoms with E-state index in [1.54, 1.807) is 13.8 Å². The number of aryl methyl sites for hydroxylation is 1. The second-order valence-corrected chi connectivity index (χ2v) is 9.37. The fourth-order valence-electron chi connectivity index (χ4n) is 4.39. The van der Waals surface area contributed by atoms with E-state index in [1.165, 1.54) is 24.3 Å². The van der Waals surface area contributed by atoms with E-state index in [0.717, 1.165) is 24.3 Å². The van der Waals surface area contributed by atoms with E-state index in [1.807, 2.05) is 0 Å². The van der Waals surface area contributed by atoms with Crippen LogP contribution in [0.2, 0.25) is 0 Å². The number of hydrogen-bond acceptors (Lipinski definition) is 7. The third-order valence-corrected chi connectivity index (χ3v) is 6.41. The van der Waals surface area contributed by atoms with E-state index in [4.69, 9.17) is 0 Å². The number of nitrogens with zero attached hydrogens (tertiary/aromatic N) is 4. The van der Waals surface area contributed by atoms with Gasteiger partial charge in [-0.2, -0.15) is 18.2 Å². The number of aromatic nitrogens is 3. The third-order valence-electron chi connectivity index (χ3n) is 6.41. The highest BCUT2D eigenvalue weighted by molar-refractivity contribution is 5.99. The second kappa shape index (κ2) is 12.2. The van der Waals surface area contributed by atoms with Crippen LogP contribution in [0.15, 0.2) is 53.3 Å². The third kappa shape index (κ3) is 5.94. The predicted molar refractivity (Wildman–Crippen MR) is 146 cm³/mol. The van der Waals surface area contributed by atoms with Crippen LogP contribution in [-0.2, 0) is 4.79 Å². The number of alkyl halides is 3. The first-order valence-electron chi connectivity index (χ1n) is 12.8. The average Bonchev–Trinajstić information content (AvgIpc) is 2.94. The number of nitrogens with one attached hydrogen (secondary N) is 1. The van der Waals surface area contributed by atoms with Gasteiger partial charge in [-0.25, -0.2) is 13.8 Å². The van der Waals surface area contributed by atoms with Crippen LogP contribution in [0.1, 0.15) is 18.9 Å². The number of para-hydroxylation sites is 1. The van der Waals surface area contributed by atoms with Crippen LogP contribution in [0.25, 0.3) is 28.0 Å². The van der Waals surface area contributed by atoms with Gasteiger partial charge in [0.15, 0.2) is 5.65 Å². The molecule has 1 amide bonds. The number of fused-ring (bicyclic) bond motifs is 1. The quantitative estimate of drug-likeness (QED) is 0.251. The van der Waals surface area contributed by atoms with E-state index >= 15 is 0 Å². The van der Waals surface area contributed by atoms with Gasteiger partial charge in [0.1, 0.15) is 17.3 Å². The summed E-state index contributed by atoms with van der Waals surface area (Å²) in [6, 6.07) is 8.53. The summed E-state index contributed by atoms with van der Waals surface area (Å²) in [5.74, 6) is -4.46. The highest BCUT2D eigenvalue weighted by Crippen LogP contribution is 2.34. The molecule has 0 bridgehead atoms. The number of amides is 1. The largest absolute Gasteiger partial charge is 0.471 e. The van der Waals surface area contributed by atoms with Crippen molar-refractivity contribution in [3.63, 3.8) is 0 Å². The van der Waals surface area contributed by atoms with Gasteiger partial charge in [0.05, 0.1) is 24.9 Å². The standard InChI is InChI=1S/C28H26F5N5O4/c1-3-11-37(26(42)28(31,32)33)17-8-7-15(2)19(12-17)23-18-9-10-22(41)38(24-20(29)5-4-6-21(24)30)25(18)36-27(35-23)34-16(13-39)14-40/h4-10,12,16,39-40H,3,11,13-14H2,1-2H3,(H,34,35,36). The van der Waals surface area contributed by atoms with Crippen molar-refractivity contribution < 1.29 is 37.0 Å². The molecule has 0 saturated carbocycles. The van der Waals surface area contributed by atoms with E-state index in [9.17, 15) is 41.8 Å². The first-order chi connectivity index (χ1) is 19.9. The number of hydrogen-bond donors (Lipinski definition) is 3. The zero-order valence-electron chi connectivity index (χ0n) is 22.4. The molecule has 0 unspecified atom stereocenters. The summed E-state index contributed by atoms with van der Waals surface area (Å²) in [6.45, 7) is 1.89. The molecule has 0 spiro atoms. The van der Waals surface area contributed by atoms with Crippen molar-refractivity contribution in [3.8, 4) is 16.9 Å². The van der Waals surface area contributed by atoms with Crippen molar-refractivity contribution in [2.75, 3.05) is 30.0 Å². The smallest absolute Gasteiger partial charge is 0.394 e. The lowest BCUT2D eigenvalue weighted by Crippen LogP contribution is -2.41. The summed E-state index contributed by atoms with van der Waals surface area (Å²) in [4.78, 5) is 34.6. The minimum Gasteiger partial charge on any atom is -0.394 e. The first kappa shape index (κ1) is 30.5. The SMILES string of the molecule is CCCN(C(=O)C(F)(F)F)c1ccc(C)c(-c2nc(NC(CO)CO)nc3c2ccc(=O)n3-c2c(F)cccc2F)c1. The maximum absolute atomic E-state index is 14.9. The summed E-state index contributed by atoms with van der Waals surface area (Å²) >= 11 is 0. The van der Waals surface area contributed by atoms with Crippen molar-refractivity contribution in [2.45, 2.75) is 32.5 Å². The summed E-state index contributed by atoms with van der Waals surface area (Å²) < 4.78 is 70.7. The molecule has 2 aromatic heterocycles. The van der Waals surface area contributed by atoms with Crippen LogP contribution in [0.4, 0.5) is 33.6 Å². The molecule has 0 saturated heterocycles. The van der Waals surface area contributed by atoms with Gasteiger partial charge in [0.25, 0.3) is 5.56 Å². The molecule has 2 heterocycles. The molecule has 0 atom stereocenters. The average molecular weight is 592 g/mol. The van der Waals surface area contributed by atoms with Gasteiger partial charge in [-0.3, -0.25) is 14.2 Å². The molecule has 0 fully saturated rings. The second-order valence-electron chi connectivity index (χ2n) is 9.37. The Bertz CT molecular complexity index is 1670. The summed E-state index contributed by atoms with van der Waals surface area (Å²) in [6.07, 6.45) is -4.91. The van der Waals surface area contributed by atoms with Gasteiger partial charge in [0, 0.05) is 29.2 Å². The lowest BCUT2D eigenvalue weighted by Gasteiger charge is -2.24. The Kier molecular flexibility index (Phi) is 8.87. The Labute approximate surface area is 235 Å². The van der Waals surface area contributed by atoms with Crippen LogP contribution in [0, 0.1) is 18.6 Å². The molecule has 3 N–H and O–H groups in total. The topological polar surface area (TPSA) is 121 Å². The fraction of sp³-hybridized carbons (Fsp3) is 0.286. The van der Waals surface area contributed by atoms with E-state index < -0.39 is 54.2 Å². The summed E-state index contributed by atoms with van der Waals surface area (Å²) in [7, 11) is 0. The maximum atomic E-state index is 14.9. The van der Waals surface area contributed by atoms with E-state index in [-0.39, 0.29) is 46.9 Å². The fourth-order valence-corrected chi connectivity index (χ4v) is 4.39. The number of pyridine rings is 1. The maximum Gasteiger partial charge on any atom is 0.471 e. The Morgan fingerprint density at radius 3 is 2.31 bits per heavy atom. The van der Waals surface area contributed by atoms with Crippen molar-refractivity contribution >= 4 is 28.6 Å². The zero-order valence-corrected chi connectivity index (χ0v) is 22.4. The summed E-state index contributed by atoms with van der Waals surface area (Å²) in [5, 5.41) is 21.9. The van der Waals surface area contributed by atoms with Gasteiger partial charge in [-0.05, 0) is 49.2 Å². The van der Waals surface area contributed by atoms with E-state index in [2.05, 4.69) is 15.3 Å². The Balaban J connectivity index is 2.06. The van der Waals surface area contributed by atoms with Crippen molar-refractivity contribution in [1.29, 1.82) is 0 Å². The Morgan fingerprint density at radius 1 is 1.05 bits per heavy atom. The molecule has 42 heavy (non-hydrogen) atoms. The number of halogens is 5. The molecule has 2 aromatic carbocycles. The minimum absolute atomic E-state index is 0.0397. The molecule has 9 nitrogen and oxygen atoms in total. The van der Waals surface area contributed by atoms with Crippen LogP contribution in [0.5, 0.6) is 0 Å². The number of aliphatic hydroxyl groups is 2. The van der Waals surface area contributed by atoms with Crippen LogP contribution < -0.4 is 15.8 Å². The molecule has 0 radical (unpaired) electrons. The van der Waals surface area contributed by atoms with Gasteiger partial charge in [-0.1, -0.05) is 19.1 Å². The normalized spacial score (nSPS) is 11.8. The monoisotopic (exact) mass is 591 g/mol. The van der Waals surface area contributed by atoms with Crippen molar-refractivity contribution in [1.82, 2.24) is 14.5 Å². The number of carbonyl (C=O) groups excluding carboxylic acids is 1. The lowest BCUT2D eigenvalue weighted by molar-refractivity contribution is -0.170. The van der Waals surface area contributed by atoms with Crippen molar-refractivity contribution in [2.24, 2.45) is 0 Å². The molecule has 0 aliphatic carbocycles. The highest BCUT2D eigenvalue weighted by Gasteiger charge is 2.43. The van der Waals surface area contributed by atoms with Crippen LogP contribution in [0.3, 0.4) is 0 Å². The molecular weight excluding hydrogens is 565 g/mol. The number of benzene rings is 2. The molecular formula is C28H26F5N5O4. The predicted octanol–water partition coefficient (Wildman–Crippen LogP) is 4.10. The first-order valence-corrected chi connectivity index (χ1v) is 12.8. The van der Waals surface area contributed by atoms with Gasteiger partial charge in [0.2, 0.25) is 5.95 Å². The van der Waals surface area contributed by atoms with Crippen molar-refractivity contribution in [3.05, 3.63) is 76.1 Å². The molecule has 0 aliphatic rings. The van der Waals surface area contributed by atoms with Crippen LogP contribution in [-0.4, -0.2) is 62.6 Å². The highest BCUT2D eigenvalue weighted by atomic mass is 19.4. The molecule has 4 aromatic rings. The molecule has 4 rings (SSSR count). The number of anilines is 2. The number of aliphatic hydroxyl groups excluding tert-OH is 2. The lowest BCUT2D eigenvalue weighted by atomic mass is 10.0. The van der Waals surface area contributed by atoms with Crippen LogP contribution >= 0.6 is 0 Å². The van der Waals surface area contributed by atoms with Gasteiger partial charge >= 0.3 is 12.1 Å². The molecule has 14 heteroatoms. The number of carbonyl (C=O) groups is 1.